The van der Waals surface area contributed by atoms with E-state index in [1.807, 2.05) is 0 Å². The van der Waals surface area contributed by atoms with Crippen molar-refractivity contribution in [3.05, 3.63) is 33.4 Å². The number of nitro groups is 1. The van der Waals surface area contributed by atoms with Crippen molar-refractivity contribution in [2.24, 2.45) is 0 Å². The van der Waals surface area contributed by atoms with Crippen LogP contribution in [-0.2, 0) is 4.74 Å². The maximum Gasteiger partial charge on any atom is 0.340 e. The van der Waals surface area contributed by atoms with Gasteiger partial charge in [-0.2, -0.15) is 0 Å². The molecule has 0 heterocycles. The minimum absolute atomic E-state index is 0.0496. The van der Waals surface area contributed by atoms with Crippen molar-refractivity contribution in [3.63, 3.8) is 0 Å². The Kier molecular flexibility index (Phi) is 2.89. The lowest BCUT2D eigenvalue weighted by Gasteiger charge is -2.06. The Hall–Kier alpha value is -2.11. The Labute approximate surface area is 85.8 Å². The second-order valence-corrected chi connectivity index (χ2v) is 2.98. The van der Waals surface area contributed by atoms with Crippen molar-refractivity contribution in [2.45, 2.75) is 6.92 Å². The fraction of sp³-hybridized carbons (Fsp3) is 0.222. The average molecular weight is 210 g/mol. The summed E-state index contributed by atoms with van der Waals surface area (Å²) in [7, 11) is 1.22. The van der Waals surface area contributed by atoms with E-state index in [-0.39, 0.29) is 16.9 Å². The molecule has 1 aromatic carbocycles. The lowest BCUT2D eigenvalue weighted by molar-refractivity contribution is -0.384. The number of anilines is 1. The van der Waals surface area contributed by atoms with E-state index < -0.39 is 10.9 Å². The van der Waals surface area contributed by atoms with Gasteiger partial charge in [-0.1, -0.05) is 0 Å². The van der Waals surface area contributed by atoms with E-state index in [0.717, 1.165) is 6.07 Å². The molecule has 1 aromatic rings. The second-order valence-electron chi connectivity index (χ2n) is 2.98. The molecule has 0 unspecified atom stereocenters. The minimum atomic E-state index is -0.597. The van der Waals surface area contributed by atoms with Crippen LogP contribution in [0, 0.1) is 17.0 Å². The third-order valence-corrected chi connectivity index (χ3v) is 1.95. The second kappa shape index (κ2) is 3.95. The quantitative estimate of drug-likeness (QED) is 0.343. The van der Waals surface area contributed by atoms with Crippen molar-refractivity contribution >= 4 is 17.3 Å². The smallest absolute Gasteiger partial charge is 0.340 e. The van der Waals surface area contributed by atoms with Gasteiger partial charge in [0.2, 0.25) is 0 Å². The molecule has 80 valence electrons. The number of nitrogens with zero attached hydrogens (tertiary/aromatic N) is 1. The molecular formula is C9H10N2O4. The van der Waals surface area contributed by atoms with Crippen LogP contribution in [0.2, 0.25) is 0 Å². The van der Waals surface area contributed by atoms with E-state index in [1.165, 1.54) is 13.2 Å². The molecule has 0 saturated carbocycles. The predicted octanol–water partition coefficient (Wildman–Crippen LogP) is 1.27. The van der Waals surface area contributed by atoms with Gasteiger partial charge in [0.05, 0.1) is 23.3 Å². The fourth-order valence-electron chi connectivity index (χ4n) is 1.28. The molecule has 0 fully saturated rings. The Morgan fingerprint density at radius 2 is 2.13 bits per heavy atom. The number of hydrogen-bond donors (Lipinski definition) is 1. The van der Waals surface area contributed by atoms with Crippen LogP contribution in [0.25, 0.3) is 0 Å². The molecule has 0 saturated heterocycles. The van der Waals surface area contributed by atoms with E-state index in [2.05, 4.69) is 4.74 Å². The van der Waals surface area contributed by atoms with Crippen LogP contribution < -0.4 is 5.73 Å². The normalized spacial score (nSPS) is 9.73. The Bertz CT molecular complexity index is 405. The number of benzene rings is 1. The number of ether oxygens (including phenoxy) is 1. The summed E-state index contributed by atoms with van der Waals surface area (Å²) in [4.78, 5) is 21.2. The van der Waals surface area contributed by atoms with Crippen LogP contribution in [0.3, 0.4) is 0 Å². The van der Waals surface area contributed by atoms with Gasteiger partial charge < -0.3 is 10.5 Å². The minimum Gasteiger partial charge on any atom is -0.465 e. The lowest BCUT2D eigenvalue weighted by Crippen LogP contribution is -2.08. The van der Waals surface area contributed by atoms with Gasteiger partial charge in [0, 0.05) is 12.1 Å². The molecule has 0 atom stereocenters. The molecule has 0 aliphatic heterocycles. The summed E-state index contributed by atoms with van der Waals surface area (Å²) in [6.45, 7) is 1.57. The monoisotopic (exact) mass is 210 g/mol. The van der Waals surface area contributed by atoms with Crippen molar-refractivity contribution < 1.29 is 14.5 Å². The SMILES string of the molecule is COC(=O)c1c(C)cc([N+](=O)[O-])cc1N. The summed E-state index contributed by atoms with van der Waals surface area (Å²) in [5.41, 5.74) is 6.03. The summed E-state index contributed by atoms with van der Waals surface area (Å²) in [6, 6.07) is 2.42. The molecule has 0 bridgehead atoms. The number of carbonyl (C=O) groups is 1. The number of methoxy groups -OCH3 is 1. The Balaban J connectivity index is 3.33. The predicted molar refractivity (Wildman–Crippen MR) is 53.6 cm³/mol. The molecule has 6 heteroatoms. The molecule has 0 aromatic heterocycles. The van der Waals surface area contributed by atoms with Crippen molar-refractivity contribution in [1.29, 1.82) is 0 Å². The van der Waals surface area contributed by atoms with Gasteiger partial charge in [0.1, 0.15) is 0 Å². The average Bonchev–Trinajstić information content (AvgIpc) is 2.16. The fourth-order valence-corrected chi connectivity index (χ4v) is 1.28. The van der Waals surface area contributed by atoms with Crippen LogP contribution in [0.1, 0.15) is 15.9 Å². The van der Waals surface area contributed by atoms with E-state index in [1.54, 1.807) is 6.92 Å². The third kappa shape index (κ3) is 2.04. The summed E-state index contributed by atoms with van der Waals surface area (Å²) in [5, 5.41) is 10.5. The number of rotatable bonds is 2. The first-order valence-electron chi connectivity index (χ1n) is 4.10. The van der Waals surface area contributed by atoms with Gasteiger partial charge in [-0.25, -0.2) is 4.79 Å². The molecule has 1 rings (SSSR count). The number of nitrogens with two attached hydrogens (primary N) is 1. The molecule has 15 heavy (non-hydrogen) atoms. The molecule has 2 N–H and O–H groups in total. The van der Waals surface area contributed by atoms with E-state index in [0.29, 0.717) is 5.56 Å². The Morgan fingerprint density at radius 3 is 2.53 bits per heavy atom. The first kappa shape index (κ1) is 11.0. The first-order valence-corrected chi connectivity index (χ1v) is 4.10. The highest BCUT2D eigenvalue weighted by Gasteiger charge is 2.18. The molecule has 0 radical (unpaired) electrons. The van der Waals surface area contributed by atoms with Crippen LogP contribution in [0.15, 0.2) is 12.1 Å². The van der Waals surface area contributed by atoms with Gasteiger partial charge in [0.15, 0.2) is 0 Å². The highest BCUT2D eigenvalue weighted by atomic mass is 16.6. The van der Waals surface area contributed by atoms with Gasteiger partial charge in [-0.3, -0.25) is 10.1 Å². The third-order valence-electron chi connectivity index (χ3n) is 1.95. The van der Waals surface area contributed by atoms with Gasteiger partial charge in [-0.05, 0) is 12.5 Å². The summed E-state index contributed by atoms with van der Waals surface area (Å²) < 4.78 is 4.51. The van der Waals surface area contributed by atoms with Crippen molar-refractivity contribution in [2.75, 3.05) is 12.8 Å². The van der Waals surface area contributed by atoms with Crippen LogP contribution in [0.4, 0.5) is 11.4 Å². The molecule has 0 spiro atoms. The van der Waals surface area contributed by atoms with E-state index in [4.69, 9.17) is 5.73 Å². The molecular weight excluding hydrogens is 200 g/mol. The van der Waals surface area contributed by atoms with Crippen LogP contribution >= 0.6 is 0 Å². The van der Waals surface area contributed by atoms with Crippen molar-refractivity contribution in [1.82, 2.24) is 0 Å². The zero-order chi connectivity index (χ0) is 11.6. The molecule has 6 nitrogen and oxygen atoms in total. The summed E-state index contributed by atoms with van der Waals surface area (Å²) >= 11 is 0. The molecule has 0 aliphatic carbocycles. The largest absolute Gasteiger partial charge is 0.465 e. The number of esters is 1. The Morgan fingerprint density at radius 1 is 1.53 bits per heavy atom. The highest BCUT2D eigenvalue weighted by Crippen LogP contribution is 2.24. The van der Waals surface area contributed by atoms with Crippen LogP contribution in [-0.4, -0.2) is 18.0 Å². The zero-order valence-corrected chi connectivity index (χ0v) is 8.31. The van der Waals surface area contributed by atoms with Gasteiger partial charge in [-0.15, -0.1) is 0 Å². The highest BCUT2D eigenvalue weighted by molar-refractivity contribution is 5.97. The number of non-ortho nitro benzene ring substituents is 1. The number of hydrogen-bond acceptors (Lipinski definition) is 5. The topological polar surface area (TPSA) is 95.5 Å². The van der Waals surface area contributed by atoms with E-state index >= 15 is 0 Å². The molecule has 0 aliphatic rings. The molecule has 0 amide bonds. The first-order chi connectivity index (χ1) is 6.97. The number of nitro benzene ring substituents is 1. The van der Waals surface area contributed by atoms with Gasteiger partial charge >= 0.3 is 5.97 Å². The van der Waals surface area contributed by atoms with Gasteiger partial charge in [0.25, 0.3) is 5.69 Å². The number of aryl methyl sites for hydroxylation is 1. The standard InChI is InChI=1S/C9H10N2O4/c1-5-3-6(11(13)14)4-7(10)8(5)9(12)15-2/h3-4H,10H2,1-2H3. The zero-order valence-electron chi connectivity index (χ0n) is 8.31. The summed E-state index contributed by atoms with van der Waals surface area (Å²) in [5.74, 6) is -0.597. The lowest BCUT2D eigenvalue weighted by atomic mass is 10.1. The number of nitrogen functional groups attached to an aromatic ring is 1. The summed E-state index contributed by atoms with van der Waals surface area (Å²) in [6.07, 6.45) is 0. The maximum absolute atomic E-state index is 11.3. The number of carbonyl (C=O) groups excluding carboxylic acids is 1. The van der Waals surface area contributed by atoms with Crippen molar-refractivity contribution in [3.8, 4) is 0 Å². The maximum atomic E-state index is 11.3. The van der Waals surface area contributed by atoms with Crippen LogP contribution in [0.5, 0.6) is 0 Å². The van der Waals surface area contributed by atoms with E-state index in [9.17, 15) is 14.9 Å².